The fourth-order valence-corrected chi connectivity index (χ4v) is 5.74. The number of hydrogen-bond acceptors (Lipinski definition) is 6. The summed E-state index contributed by atoms with van der Waals surface area (Å²) < 4.78 is 55.0. The third kappa shape index (κ3) is 6.42. The Hall–Kier alpha value is -4.23. The van der Waals surface area contributed by atoms with Gasteiger partial charge in [-0.05, 0) is 56.5 Å². The molecular weight excluding hydrogens is 569 g/mol. The number of carboxylic acid groups (broad SMARTS) is 2. The van der Waals surface area contributed by atoms with Crippen LogP contribution < -0.4 is 9.47 Å². The van der Waals surface area contributed by atoms with E-state index in [2.05, 4.69) is 4.98 Å². The van der Waals surface area contributed by atoms with Gasteiger partial charge in [0.1, 0.15) is 17.1 Å². The molecule has 2 aromatic carbocycles. The van der Waals surface area contributed by atoms with E-state index in [1.165, 1.54) is 19.2 Å². The van der Waals surface area contributed by atoms with Crippen molar-refractivity contribution in [3.63, 3.8) is 0 Å². The Bertz CT molecular complexity index is 1690. The highest BCUT2D eigenvalue weighted by Crippen LogP contribution is 2.44. The molecule has 232 valence electrons. The SMILES string of the molecule is COc1cc2c(CC(=O)O)c(CN(C)C)[nH]c2cc1CN(C)Cc1c(CC(=O)O)c2c(C(F)(F)F)c(OC)ccc2n1C. The molecule has 0 aliphatic carbocycles. The molecule has 0 saturated carbocycles. The lowest BCUT2D eigenvalue weighted by Crippen LogP contribution is -2.21. The Morgan fingerprint density at radius 2 is 1.56 bits per heavy atom. The fourth-order valence-electron chi connectivity index (χ4n) is 5.74. The van der Waals surface area contributed by atoms with Gasteiger partial charge in [0.25, 0.3) is 0 Å². The molecule has 0 aliphatic rings. The van der Waals surface area contributed by atoms with Crippen LogP contribution in [0, 0.1) is 0 Å². The Balaban J connectivity index is 1.78. The minimum atomic E-state index is -4.77. The number of carboxylic acids is 2. The molecule has 0 aliphatic heterocycles. The van der Waals surface area contributed by atoms with Gasteiger partial charge in [0, 0.05) is 65.4 Å². The van der Waals surface area contributed by atoms with Crippen molar-refractivity contribution in [3.8, 4) is 11.5 Å². The molecule has 2 heterocycles. The number of alkyl halides is 3. The number of nitrogens with one attached hydrogen (secondary N) is 1. The first-order valence-electron chi connectivity index (χ1n) is 13.4. The standard InChI is InChI=1S/C30H35F3N4O6/c1-35(2)14-21-18(11-26(38)39)17-10-25(43-6)16(9-20(17)34-21)13-36(3)15-23-19(12-27(40)41)28-22(37(23)4)7-8-24(42-5)29(28)30(31,32)33/h7-10,34H,11-15H2,1-6H3,(H,38,39)(H,40,41). The molecule has 4 rings (SSSR count). The molecule has 43 heavy (non-hydrogen) atoms. The summed E-state index contributed by atoms with van der Waals surface area (Å²) in [5.74, 6) is -2.07. The average Bonchev–Trinajstić information content (AvgIpc) is 3.34. The average molecular weight is 605 g/mol. The number of methoxy groups -OCH3 is 2. The van der Waals surface area contributed by atoms with Crippen LogP contribution in [0.5, 0.6) is 11.5 Å². The van der Waals surface area contributed by atoms with E-state index >= 15 is 0 Å². The summed E-state index contributed by atoms with van der Waals surface area (Å²) in [4.78, 5) is 30.6. The molecule has 3 N–H and O–H groups in total. The Kier molecular flexibility index (Phi) is 8.97. The lowest BCUT2D eigenvalue weighted by molar-refractivity contribution is -0.138. The topological polar surface area (TPSA) is 120 Å². The van der Waals surface area contributed by atoms with E-state index in [0.717, 1.165) is 29.3 Å². The number of ether oxygens (including phenoxy) is 2. The predicted molar refractivity (Wildman–Crippen MR) is 155 cm³/mol. The number of aromatic amines is 1. The number of nitrogens with zero attached hydrogens (tertiary/aromatic N) is 3. The maximum Gasteiger partial charge on any atom is 0.420 e. The van der Waals surface area contributed by atoms with Gasteiger partial charge in [-0.3, -0.25) is 14.5 Å². The first kappa shape index (κ1) is 31.7. The summed E-state index contributed by atoms with van der Waals surface area (Å²) in [5.41, 5.74) is 2.68. The summed E-state index contributed by atoms with van der Waals surface area (Å²) in [6.45, 7) is 0.946. The normalized spacial score (nSPS) is 12.2. The van der Waals surface area contributed by atoms with Gasteiger partial charge in [-0.2, -0.15) is 13.2 Å². The number of aryl methyl sites for hydroxylation is 1. The van der Waals surface area contributed by atoms with Crippen LogP contribution in [0.1, 0.15) is 33.6 Å². The van der Waals surface area contributed by atoms with Crippen LogP contribution in [0.2, 0.25) is 0 Å². The molecule has 0 unspecified atom stereocenters. The molecular formula is C30H35F3N4O6. The van der Waals surface area contributed by atoms with Crippen molar-refractivity contribution in [3.05, 3.63) is 57.9 Å². The van der Waals surface area contributed by atoms with Crippen molar-refractivity contribution in [2.45, 2.75) is 38.7 Å². The van der Waals surface area contributed by atoms with E-state index in [1.807, 2.05) is 30.0 Å². The van der Waals surface area contributed by atoms with Gasteiger partial charge >= 0.3 is 18.1 Å². The summed E-state index contributed by atoms with van der Waals surface area (Å²) in [5, 5.41) is 19.7. The van der Waals surface area contributed by atoms with Crippen molar-refractivity contribution < 1.29 is 42.4 Å². The highest BCUT2D eigenvalue weighted by molar-refractivity contribution is 5.94. The second-order valence-corrected chi connectivity index (χ2v) is 10.9. The highest BCUT2D eigenvalue weighted by atomic mass is 19.4. The van der Waals surface area contributed by atoms with Crippen LogP contribution in [-0.2, 0) is 55.3 Å². The molecule has 13 heteroatoms. The third-order valence-corrected chi connectivity index (χ3v) is 7.45. The van der Waals surface area contributed by atoms with Crippen LogP contribution in [0.15, 0.2) is 24.3 Å². The maximum atomic E-state index is 14.3. The molecule has 0 amide bonds. The predicted octanol–water partition coefficient (Wildman–Crippen LogP) is 4.64. The number of benzene rings is 2. The van der Waals surface area contributed by atoms with Crippen LogP contribution in [0.3, 0.4) is 0 Å². The van der Waals surface area contributed by atoms with Crippen molar-refractivity contribution in [2.75, 3.05) is 35.4 Å². The van der Waals surface area contributed by atoms with E-state index in [4.69, 9.17) is 9.47 Å². The second kappa shape index (κ2) is 12.2. The number of carbonyl (C=O) groups is 2. The summed E-state index contributed by atoms with van der Waals surface area (Å²) >= 11 is 0. The number of fused-ring (bicyclic) bond motifs is 2. The van der Waals surface area contributed by atoms with Gasteiger partial charge in [0.2, 0.25) is 0 Å². The van der Waals surface area contributed by atoms with Crippen LogP contribution in [0.4, 0.5) is 13.2 Å². The van der Waals surface area contributed by atoms with Gasteiger partial charge in [0.05, 0.1) is 27.1 Å². The number of rotatable bonds is 12. The summed E-state index contributed by atoms with van der Waals surface area (Å²) in [6, 6.07) is 6.41. The number of hydrogen-bond donors (Lipinski definition) is 3. The highest BCUT2D eigenvalue weighted by Gasteiger charge is 2.39. The van der Waals surface area contributed by atoms with E-state index in [-0.39, 0.29) is 35.2 Å². The van der Waals surface area contributed by atoms with Gasteiger partial charge in [0.15, 0.2) is 0 Å². The van der Waals surface area contributed by atoms with Crippen LogP contribution in [-0.4, -0.2) is 76.9 Å². The Morgan fingerprint density at radius 3 is 2.12 bits per heavy atom. The van der Waals surface area contributed by atoms with Gasteiger partial charge < -0.3 is 34.1 Å². The molecule has 10 nitrogen and oxygen atoms in total. The quantitative estimate of drug-likeness (QED) is 0.214. The maximum absolute atomic E-state index is 14.3. The smallest absolute Gasteiger partial charge is 0.420 e. The van der Waals surface area contributed by atoms with E-state index < -0.39 is 30.1 Å². The van der Waals surface area contributed by atoms with Crippen LogP contribution in [0.25, 0.3) is 21.8 Å². The zero-order valence-corrected chi connectivity index (χ0v) is 24.8. The lowest BCUT2D eigenvalue weighted by atomic mass is 10.0. The molecule has 2 aromatic heterocycles. The second-order valence-electron chi connectivity index (χ2n) is 10.9. The number of aromatic nitrogens is 2. The van der Waals surface area contributed by atoms with Gasteiger partial charge in [-0.1, -0.05) is 0 Å². The summed E-state index contributed by atoms with van der Waals surface area (Å²) in [6.07, 6.45) is -5.54. The Labute approximate surface area is 246 Å². The molecule has 0 radical (unpaired) electrons. The largest absolute Gasteiger partial charge is 0.496 e. The summed E-state index contributed by atoms with van der Waals surface area (Å²) in [7, 11) is 9.82. The molecule has 0 spiro atoms. The van der Waals surface area contributed by atoms with Gasteiger partial charge in [-0.25, -0.2) is 0 Å². The van der Waals surface area contributed by atoms with Crippen molar-refractivity contribution >= 4 is 33.7 Å². The number of aliphatic carboxylic acids is 2. The Morgan fingerprint density at radius 1 is 0.930 bits per heavy atom. The first-order valence-corrected chi connectivity index (χ1v) is 13.4. The molecule has 4 aromatic rings. The minimum absolute atomic E-state index is 0.0708. The van der Waals surface area contributed by atoms with Gasteiger partial charge in [-0.15, -0.1) is 0 Å². The molecule has 0 bridgehead atoms. The molecule has 0 saturated heterocycles. The van der Waals surface area contributed by atoms with Crippen molar-refractivity contribution in [1.82, 2.24) is 19.4 Å². The number of halogens is 3. The fraction of sp³-hybridized carbons (Fsp3) is 0.400. The minimum Gasteiger partial charge on any atom is -0.496 e. The molecule has 0 fully saturated rings. The third-order valence-electron chi connectivity index (χ3n) is 7.45. The van der Waals surface area contributed by atoms with Crippen molar-refractivity contribution in [2.24, 2.45) is 7.05 Å². The van der Waals surface area contributed by atoms with Crippen LogP contribution >= 0.6 is 0 Å². The monoisotopic (exact) mass is 604 g/mol. The zero-order valence-electron chi connectivity index (χ0n) is 24.8. The number of H-pyrrole nitrogens is 1. The van der Waals surface area contributed by atoms with E-state index in [9.17, 15) is 33.0 Å². The molecule has 0 atom stereocenters. The zero-order chi connectivity index (χ0) is 31.8. The van der Waals surface area contributed by atoms with E-state index in [1.54, 1.807) is 24.7 Å². The van der Waals surface area contributed by atoms with Crippen molar-refractivity contribution in [1.29, 1.82) is 0 Å². The first-order chi connectivity index (χ1) is 20.2. The lowest BCUT2D eigenvalue weighted by Gasteiger charge is -2.20. The van der Waals surface area contributed by atoms with E-state index in [0.29, 0.717) is 30.1 Å².